The number of carbonyl (C=O) groups is 2. The van der Waals surface area contributed by atoms with Crippen LogP contribution < -0.4 is 21.1 Å². The summed E-state index contributed by atoms with van der Waals surface area (Å²) in [4.78, 5) is 22.1. The molecule has 1 aromatic rings. The maximum atomic E-state index is 11.3. The van der Waals surface area contributed by atoms with Gasteiger partial charge < -0.3 is 21.1 Å². The lowest BCUT2D eigenvalue weighted by Gasteiger charge is -2.08. The second kappa shape index (κ2) is 10.1. The van der Waals surface area contributed by atoms with Crippen LogP contribution in [0.4, 0.5) is 0 Å². The number of halogens is 1. The molecule has 0 saturated carbocycles. The fourth-order valence-electron chi connectivity index (χ4n) is 1.31. The summed E-state index contributed by atoms with van der Waals surface area (Å²) in [5.74, 6) is 0.136. The van der Waals surface area contributed by atoms with E-state index in [1.165, 1.54) is 0 Å². The van der Waals surface area contributed by atoms with Crippen molar-refractivity contribution in [2.24, 2.45) is 5.73 Å². The molecule has 0 aliphatic heterocycles. The fourth-order valence-corrected chi connectivity index (χ4v) is 1.31. The van der Waals surface area contributed by atoms with Gasteiger partial charge in [-0.05, 0) is 19.1 Å². The number of hydrogen-bond donors (Lipinski definition) is 3. The average molecular weight is 302 g/mol. The number of nitrogens with two attached hydrogens (primary N) is 1. The quantitative estimate of drug-likeness (QED) is 0.617. The summed E-state index contributed by atoms with van der Waals surface area (Å²) in [7, 11) is 0. The highest BCUT2D eigenvalue weighted by Gasteiger charge is 2.02. The van der Waals surface area contributed by atoms with Gasteiger partial charge in [0.1, 0.15) is 12.4 Å². The Kier molecular flexibility index (Phi) is 9.15. The Morgan fingerprint density at radius 1 is 1.15 bits per heavy atom. The smallest absolute Gasteiger partial charge is 0.239 e. The molecule has 7 heteroatoms. The number of amides is 2. The first-order chi connectivity index (χ1) is 9.11. The van der Waals surface area contributed by atoms with Gasteiger partial charge in [0, 0.05) is 0 Å². The van der Waals surface area contributed by atoms with Crippen molar-refractivity contribution in [2.75, 3.05) is 26.2 Å². The van der Waals surface area contributed by atoms with E-state index in [2.05, 4.69) is 10.6 Å². The Morgan fingerprint density at radius 3 is 2.40 bits per heavy atom. The minimum absolute atomic E-state index is 0. The number of benzene rings is 1. The van der Waals surface area contributed by atoms with Crippen LogP contribution in [0.1, 0.15) is 5.56 Å². The first kappa shape index (κ1) is 18.2. The third-order valence-electron chi connectivity index (χ3n) is 2.35. The first-order valence-corrected chi connectivity index (χ1v) is 6.04. The van der Waals surface area contributed by atoms with Crippen LogP contribution in [0.3, 0.4) is 0 Å². The second-order valence-corrected chi connectivity index (χ2v) is 3.99. The zero-order valence-corrected chi connectivity index (χ0v) is 12.2. The fraction of sp³-hybridized carbons (Fsp3) is 0.385. The molecule has 0 spiro atoms. The summed E-state index contributed by atoms with van der Waals surface area (Å²) in [6, 6.07) is 7.66. The normalized spacial score (nSPS) is 9.30. The van der Waals surface area contributed by atoms with Crippen LogP contribution in [0.15, 0.2) is 24.3 Å². The molecule has 0 aromatic heterocycles. The molecule has 0 bridgehead atoms. The van der Waals surface area contributed by atoms with Gasteiger partial charge in [-0.2, -0.15) is 0 Å². The van der Waals surface area contributed by atoms with Crippen LogP contribution >= 0.6 is 12.4 Å². The molecule has 4 N–H and O–H groups in total. The molecule has 0 fully saturated rings. The Hall–Kier alpha value is -1.79. The number of carbonyl (C=O) groups excluding carboxylic acids is 2. The van der Waals surface area contributed by atoms with Crippen LogP contribution in [0.25, 0.3) is 0 Å². The standard InChI is InChI=1S/C13H19N3O3.ClH/c1-10-2-4-11(5-3-10)19-7-6-15-13(18)9-16-12(17)8-14;/h2-5H,6-9,14H2,1H3,(H,15,18)(H,16,17);1H. The molecule has 1 rings (SSSR count). The van der Waals surface area contributed by atoms with Gasteiger partial charge in [0.05, 0.1) is 19.6 Å². The van der Waals surface area contributed by atoms with Gasteiger partial charge in [-0.15, -0.1) is 12.4 Å². The lowest BCUT2D eigenvalue weighted by atomic mass is 10.2. The zero-order chi connectivity index (χ0) is 14.1. The van der Waals surface area contributed by atoms with Crippen LogP contribution in [0, 0.1) is 6.92 Å². The van der Waals surface area contributed by atoms with Crippen LogP contribution in [0.5, 0.6) is 5.75 Å². The molecule has 0 saturated heterocycles. The van der Waals surface area contributed by atoms with E-state index in [4.69, 9.17) is 10.5 Å². The third-order valence-corrected chi connectivity index (χ3v) is 2.35. The molecule has 1 aromatic carbocycles. The van der Waals surface area contributed by atoms with Gasteiger partial charge >= 0.3 is 0 Å². The largest absolute Gasteiger partial charge is 0.492 e. The third kappa shape index (κ3) is 7.60. The van der Waals surface area contributed by atoms with E-state index >= 15 is 0 Å². The molecule has 20 heavy (non-hydrogen) atoms. The molecule has 6 nitrogen and oxygen atoms in total. The molecular weight excluding hydrogens is 282 g/mol. The first-order valence-electron chi connectivity index (χ1n) is 6.04. The molecule has 0 aliphatic rings. The monoisotopic (exact) mass is 301 g/mol. The SMILES string of the molecule is Cc1ccc(OCCNC(=O)CNC(=O)CN)cc1.Cl. The predicted octanol–water partition coefficient (Wildman–Crippen LogP) is -0.0133. The summed E-state index contributed by atoms with van der Waals surface area (Å²) in [6.45, 7) is 2.56. The van der Waals surface area contributed by atoms with E-state index in [1.54, 1.807) is 0 Å². The van der Waals surface area contributed by atoms with Crippen molar-refractivity contribution in [3.8, 4) is 5.75 Å². The Labute approximate surface area is 124 Å². The average Bonchev–Trinajstić information content (AvgIpc) is 2.42. The summed E-state index contributed by atoms with van der Waals surface area (Å²) >= 11 is 0. The maximum absolute atomic E-state index is 11.3. The highest BCUT2D eigenvalue weighted by Crippen LogP contribution is 2.10. The molecule has 112 valence electrons. The minimum Gasteiger partial charge on any atom is -0.492 e. The van der Waals surface area contributed by atoms with Crippen molar-refractivity contribution in [3.63, 3.8) is 0 Å². The number of hydrogen-bond acceptors (Lipinski definition) is 4. The molecule has 0 radical (unpaired) electrons. The number of nitrogens with one attached hydrogen (secondary N) is 2. The number of ether oxygens (including phenoxy) is 1. The van der Waals surface area contributed by atoms with Crippen molar-refractivity contribution in [2.45, 2.75) is 6.92 Å². The summed E-state index contributed by atoms with van der Waals surface area (Å²) in [5.41, 5.74) is 6.25. The van der Waals surface area contributed by atoms with E-state index < -0.39 is 0 Å². The molecule has 2 amide bonds. The van der Waals surface area contributed by atoms with Gasteiger partial charge in [0.25, 0.3) is 0 Å². The highest BCUT2D eigenvalue weighted by molar-refractivity contribution is 5.85. The van der Waals surface area contributed by atoms with E-state index in [-0.39, 0.29) is 37.3 Å². The summed E-state index contributed by atoms with van der Waals surface area (Å²) in [6.07, 6.45) is 0. The van der Waals surface area contributed by atoms with Crippen LogP contribution in [0.2, 0.25) is 0 Å². The minimum atomic E-state index is -0.356. The van der Waals surface area contributed by atoms with Gasteiger partial charge in [0.2, 0.25) is 11.8 Å². The van der Waals surface area contributed by atoms with Crippen LogP contribution in [-0.4, -0.2) is 38.1 Å². The van der Waals surface area contributed by atoms with Crippen molar-refractivity contribution in [3.05, 3.63) is 29.8 Å². The second-order valence-electron chi connectivity index (χ2n) is 3.99. The molecule has 0 unspecified atom stereocenters. The Morgan fingerprint density at radius 2 is 1.80 bits per heavy atom. The lowest BCUT2D eigenvalue weighted by Crippen LogP contribution is -2.40. The van der Waals surface area contributed by atoms with Crippen molar-refractivity contribution < 1.29 is 14.3 Å². The van der Waals surface area contributed by atoms with E-state index in [1.807, 2.05) is 31.2 Å². The number of rotatable bonds is 7. The Bertz CT molecular complexity index is 423. The summed E-state index contributed by atoms with van der Waals surface area (Å²) in [5, 5.41) is 5.00. The molecule has 0 heterocycles. The van der Waals surface area contributed by atoms with Gasteiger partial charge in [-0.3, -0.25) is 9.59 Å². The van der Waals surface area contributed by atoms with E-state index in [0.717, 1.165) is 11.3 Å². The highest BCUT2D eigenvalue weighted by atomic mass is 35.5. The van der Waals surface area contributed by atoms with Gasteiger partial charge in [-0.1, -0.05) is 17.7 Å². The van der Waals surface area contributed by atoms with E-state index in [0.29, 0.717) is 13.2 Å². The van der Waals surface area contributed by atoms with Crippen molar-refractivity contribution in [1.29, 1.82) is 0 Å². The van der Waals surface area contributed by atoms with Crippen LogP contribution in [-0.2, 0) is 9.59 Å². The van der Waals surface area contributed by atoms with Gasteiger partial charge in [-0.25, -0.2) is 0 Å². The van der Waals surface area contributed by atoms with Crippen molar-refractivity contribution >= 4 is 24.2 Å². The van der Waals surface area contributed by atoms with Crippen molar-refractivity contribution in [1.82, 2.24) is 10.6 Å². The van der Waals surface area contributed by atoms with Gasteiger partial charge in [0.15, 0.2) is 0 Å². The molecule has 0 aliphatic carbocycles. The van der Waals surface area contributed by atoms with E-state index in [9.17, 15) is 9.59 Å². The Balaban J connectivity index is 0.00000361. The molecular formula is C13H20ClN3O3. The molecule has 0 atom stereocenters. The topological polar surface area (TPSA) is 93.5 Å². The summed E-state index contributed by atoms with van der Waals surface area (Å²) < 4.78 is 5.44. The number of aryl methyl sites for hydroxylation is 1. The lowest BCUT2D eigenvalue weighted by molar-refractivity contribution is -0.125. The predicted molar refractivity (Wildman–Crippen MR) is 79.0 cm³/mol. The zero-order valence-electron chi connectivity index (χ0n) is 11.3. The maximum Gasteiger partial charge on any atom is 0.239 e.